The van der Waals surface area contributed by atoms with Crippen LogP contribution in [0.1, 0.15) is 30.8 Å². The molecule has 3 rings (SSSR count). The molecule has 0 unspecified atom stereocenters. The summed E-state index contributed by atoms with van der Waals surface area (Å²) in [6.07, 6.45) is 3.29. The third-order valence-electron chi connectivity index (χ3n) is 4.55. The zero-order valence-electron chi connectivity index (χ0n) is 13.1. The monoisotopic (exact) mass is 283 g/mol. The van der Waals surface area contributed by atoms with Gasteiger partial charge in [0.15, 0.2) is 0 Å². The molecular weight excluding hydrogens is 258 g/mol. The van der Waals surface area contributed by atoms with Crippen LogP contribution in [0.4, 0.5) is 0 Å². The van der Waals surface area contributed by atoms with E-state index in [0.29, 0.717) is 5.41 Å². The van der Waals surface area contributed by atoms with Crippen molar-refractivity contribution in [2.45, 2.75) is 39.7 Å². The van der Waals surface area contributed by atoms with Gasteiger partial charge in [0.1, 0.15) is 0 Å². The average Bonchev–Trinajstić information content (AvgIpc) is 2.88. The molecule has 0 saturated carbocycles. The van der Waals surface area contributed by atoms with Crippen molar-refractivity contribution in [3.8, 4) is 0 Å². The summed E-state index contributed by atoms with van der Waals surface area (Å²) in [6, 6.07) is 13.2. The van der Waals surface area contributed by atoms with Crippen LogP contribution >= 0.6 is 0 Å². The lowest BCUT2D eigenvalue weighted by molar-refractivity contribution is 0.162. The van der Waals surface area contributed by atoms with E-state index in [2.05, 4.69) is 60.2 Å². The van der Waals surface area contributed by atoms with E-state index >= 15 is 0 Å². The second-order valence-corrected chi connectivity index (χ2v) is 6.24. The van der Waals surface area contributed by atoms with E-state index in [1.165, 1.54) is 17.0 Å². The van der Waals surface area contributed by atoms with Gasteiger partial charge in [0.05, 0.1) is 5.69 Å². The van der Waals surface area contributed by atoms with Gasteiger partial charge in [-0.2, -0.15) is 5.10 Å². The van der Waals surface area contributed by atoms with Crippen molar-refractivity contribution in [1.82, 2.24) is 15.1 Å². The molecular formula is C18H25N3. The van der Waals surface area contributed by atoms with E-state index < -0.39 is 0 Å². The van der Waals surface area contributed by atoms with Gasteiger partial charge >= 0.3 is 0 Å². The Morgan fingerprint density at radius 2 is 1.90 bits per heavy atom. The highest BCUT2D eigenvalue weighted by molar-refractivity contribution is 5.21. The minimum absolute atomic E-state index is 0.360. The molecule has 0 aliphatic carbocycles. The lowest BCUT2D eigenvalue weighted by Gasteiger charge is -2.43. The molecule has 3 heteroatoms. The van der Waals surface area contributed by atoms with Gasteiger partial charge in [0.2, 0.25) is 0 Å². The van der Waals surface area contributed by atoms with Crippen molar-refractivity contribution < 1.29 is 0 Å². The molecule has 1 aliphatic heterocycles. The van der Waals surface area contributed by atoms with E-state index in [0.717, 1.165) is 38.9 Å². The summed E-state index contributed by atoms with van der Waals surface area (Å²) in [4.78, 5) is 0. The fourth-order valence-electron chi connectivity index (χ4n) is 3.31. The summed E-state index contributed by atoms with van der Waals surface area (Å²) in [7, 11) is 0. The zero-order valence-corrected chi connectivity index (χ0v) is 13.1. The number of nitrogens with one attached hydrogen (secondary N) is 1. The number of hydrogen-bond acceptors (Lipinski definition) is 2. The summed E-state index contributed by atoms with van der Waals surface area (Å²) >= 11 is 0. The molecule has 2 aromatic rings. The first kappa shape index (κ1) is 14.3. The SMILES string of the molecule is CCc1cc(CC2(Cc3ccccc3)CNC2)n(CC)n1. The van der Waals surface area contributed by atoms with Gasteiger partial charge < -0.3 is 5.32 Å². The minimum Gasteiger partial charge on any atom is -0.315 e. The quantitative estimate of drug-likeness (QED) is 0.883. The molecule has 0 bridgehead atoms. The van der Waals surface area contributed by atoms with Crippen molar-refractivity contribution in [1.29, 1.82) is 0 Å². The molecule has 0 atom stereocenters. The van der Waals surface area contributed by atoms with E-state index in [9.17, 15) is 0 Å². The summed E-state index contributed by atoms with van der Waals surface area (Å²) in [5, 5.41) is 8.16. The Bertz CT molecular complexity index is 582. The summed E-state index contributed by atoms with van der Waals surface area (Å²) in [6.45, 7) is 7.54. The Morgan fingerprint density at radius 1 is 1.14 bits per heavy atom. The van der Waals surface area contributed by atoms with Crippen LogP contribution in [0.5, 0.6) is 0 Å². The van der Waals surface area contributed by atoms with Crippen molar-refractivity contribution in [2.24, 2.45) is 5.41 Å². The van der Waals surface area contributed by atoms with Gasteiger partial charge in [-0.1, -0.05) is 37.3 Å². The van der Waals surface area contributed by atoms with Crippen LogP contribution in [0.3, 0.4) is 0 Å². The molecule has 112 valence electrons. The number of hydrogen-bond donors (Lipinski definition) is 1. The van der Waals surface area contributed by atoms with Crippen LogP contribution in [0.25, 0.3) is 0 Å². The molecule has 1 saturated heterocycles. The molecule has 1 fully saturated rings. The van der Waals surface area contributed by atoms with Gasteiger partial charge in [-0.05, 0) is 37.8 Å². The van der Waals surface area contributed by atoms with Gasteiger partial charge in [-0.3, -0.25) is 4.68 Å². The first-order chi connectivity index (χ1) is 10.2. The highest BCUT2D eigenvalue weighted by Crippen LogP contribution is 2.32. The highest BCUT2D eigenvalue weighted by atomic mass is 15.3. The Labute approximate surface area is 127 Å². The second-order valence-electron chi connectivity index (χ2n) is 6.24. The van der Waals surface area contributed by atoms with Crippen molar-refractivity contribution in [3.63, 3.8) is 0 Å². The molecule has 2 heterocycles. The Balaban J connectivity index is 1.79. The largest absolute Gasteiger partial charge is 0.315 e. The Hall–Kier alpha value is -1.61. The molecule has 0 radical (unpaired) electrons. The maximum absolute atomic E-state index is 4.69. The van der Waals surface area contributed by atoms with E-state index in [-0.39, 0.29) is 0 Å². The molecule has 0 amide bonds. The maximum Gasteiger partial charge on any atom is 0.0624 e. The molecule has 1 N–H and O–H groups in total. The third-order valence-corrected chi connectivity index (χ3v) is 4.55. The van der Waals surface area contributed by atoms with Crippen LogP contribution in [-0.2, 0) is 25.8 Å². The van der Waals surface area contributed by atoms with Crippen molar-refractivity contribution in [3.05, 3.63) is 53.3 Å². The number of rotatable bonds is 6. The maximum atomic E-state index is 4.69. The van der Waals surface area contributed by atoms with Crippen LogP contribution in [0, 0.1) is 5.41 Å². The fraction of sp³-hybridized carbons (Fsp3) is 0.500. The Kier molecular flexibility index (Phi) is 4.11. The van der Waals surface area contributed by atoms with E-state index in [1.807, 2.05) is 0 Å². The number of benzene rings is 1. The third kappa shape index (κ3) is 3.03. The summed E-state index contributed by atoms with van der Waals surface area (Å²) in [5.74, 6) is 0. The highest BCUT2D eigenvalue weighted by Gasteiger charge is 2.37. The normalized spacial score (nSPS) is 16.7. The smallest absolute Gasteiger partial charge is 0.0624 e. The molecule has 3 nitrogen and oxygen atoms in total. The van der Waals surface area contributed by atoms with Crippen LogP contribution in [0.15, 0.2) is 36.4 Å². The summed E-state index contributed by atoms with van der Waals surface area (Å²) < 4.78 is 2.18. The minimum atomic E-state index is 0.360. The van der Waals surface area contributed by atoms with E-state index in [4.69, 9.17) is 5.10 Å². The zero-order chi connectivity index (χ0) is 14.7. The number of aromatic nitrogens is 2. The van der Waals surface area contributed by atoms with Crippen molar-refractivity contribution in [2.75, 3.05) is 13.1 Å². The van der Waals surface area contributed by atoms with Crippen LogP contribution in [-0.4, -0.2) is 22.9 Å². The topological polar surface area (TPSA) is 29.9 Å². The molecule has 1 aromatic carbocycles. The first-order valence-electron chi connectivity index (χ1n) is 8.05. The van der Waals surface area contributed by atoms with E-state index in [1.54, 1.807) is 0 Å². The van der Waals surface area contributed by atoms with Gasteiger partial charge in [-0.25, -0.2) is 0 Å². The van der Waals surface area contributed by atoms with Crippen LogP contribution < -0.4 is 5.32 Å². The predicted molar refractivity (Wildman–Crippen MR) is 86.4 cm³/mol. The lowest BCUT2D eigenvalue weighted by atomic mass is 9.73. The predicted octanol–water partition coefficient (Wildman–Crippen LogP) is 2.84. The number of aryl methyl sites for hydroxylation is 2. The second kappa shape index (κ2) is 6.02. The van der Waals surface area contributed by atoms with Gasteiger partial charge in [-0.15, -0.1) is 0 Å². The Morgan fingerprint density at radius 3 is 2.48 bits per heavy atom. The molecule has 0 spiro atoms. The summed E-state index contributed by atoms with van der Waals surface area (Å²) in [5.41, 5.74) is 4.41. The van der Waals surface area contributed by atoms with Gasteiger partial charge in [0.25, 0.3) is 0 Å². The molecule has 1 aromatic heterocycles. The number of nitrogens with zero attached hydrogens (tertiary/aromatic N) is 2. The fourth-order valence-corrected chi connectivity index (χ4v) is 3.31. The van der Waals surface area contributed by atoms with Crippen LogP contribution in [0.2, 0.25) is 0 Å². The lowest BCUT2D eigenvalue weighted by Crippen LogP contribution is -2.56. The average molecular weight is 283 g/mol. The first-order valence-corrected chi connectivity index (χ1v) is 8.05. The molecule has 1 aliphatic rings. The standard InChI is InChI=1S/C18H25N3/c1-3-16-10-17(21(4-2)20-16)12-18(13-19-14-18)11-15-8-6-5-7-9-15/h5-10,19H,3-4,11-14H2,1-2H3. The molecule has 21 heavy (non-hydrogen) atoms. The van der Waals surface area contributed by atoms with Gasteiger partial charge in [0, 0.05) is 30.7 Å². The van der Waals surface area contributed by atoms with Crippen molar-refractivity contribution >= 4 is 0 Å².